The number of nitrogens with two attached hydrogens (primary N) is 1. The molecule has 8 rings (SSSR count). The molecular weight excluding hydrogens is 671 g/mol. The Morgan fingerprint density at radius 3 is 2.02 bits per heavy atom. The molecule has 1 fully saturated rings. The fourth-order valence-electron chi connectivity index (χ4n) is 7.87. The van der Waals surface area contributed by atoms with E-state index in [0.717, 1.165) is 84.5 Å². The van der Waals surface area contributed by atoms with Crippen LogP contribution in [-0.2, 0) is 16.8 Å². The third kappa shape index (κ3) is 6.51. The molecule has 0 saturated carbocycles. The Morgan fingerprint density at radius 2 is 1.41 bits per heavy atom. The highest BCUT2D eigenvalue weighted by molar-refractivity contribution is 6.21. The summed E-state index contributed by atoms with van der Waals surface area (Å²) >= 11 is 0. The number of primary amides is 1. The van der Waals surface area contributed by atoms with Crippen molar-refractivity contribution < 1.29 is 19.4 Å². The van der Waals surface area contributed by atoms with Crippen molar-refractivity contribution in [2.45, 2.75) is 31.8 Å². The van der Waals surface area contributed by atoms with Crippen molar-refractivity contribution in [3.8, 4) is 28.4 Å². The summed E-state index contributed by atoms with van der Waals surface area (Å²) in [5, 5.41) is 13.1. The average molecular weight is 716 g/mol. The molecular formula is C47H45N3O4. The van der Waals surface area contributed by atoms with Gasteiger partial charge in [0.25, 0.3) is 0 Å². The van der Waals surface area contributed by atoms with Crippen LogP contribution in [-0.4, -0.2) is 44.3 Å². The maximum atomic E-state index is 13.3. The van der Waals surface area contributed by atoms with Gasteiger partial charge >= 0.3 is 0 Å². The van der Waals surface area contributed by atoms with Crippen LogP contribution in [0.1, 0.15) is 42.0 Å². The molecule has 7 nitrogen and oxygen atoms in total. The Balaban J connectivity index is 1.14. The molecule has 6 aromatic rings. The number of methoxy groups -OCH3 is 1. The number of carbonyl (C=O) groups excluding carboxylic acids is 1. The molecule has 2 aliphatic rings. The molecule has 0 aromatic heterocycles. The van der Waals surface area contributed by atoms with Gasteiger partial charge in [-0.15, -0.1) is 0 Å². The highest BCUT2D eigenvalue weighted by Crippen LogP contribution is 2.49. The van der Waals surface area contributed by atoms with Gasteiger partial charge in [0.2, 0.25) is 5.91 Å². The predicted octanol–water partition coefficient (Wildman–Crippen LogP) is 9.10. The Kier molecular flexibility index (Phi) is 9.47. The molecule has 0 radical (unpaired) electrons. The number of unbranched alkanes of at least 4 members (excludes halogenated alkanes) is 1. The van der Waals surface area contributed by atoms with Crippen LogP contribution in [0.4, 0.5) is 11.4 Å². The summed E-state index contributed by atoms with van der Waals surface area (Å²) in [6.07, 6.45) is 5.18. The summed E-state index contributed by atoms with van der Waals surface area (Å²) in [6, 6.07) is 42.6. The van der Waals surface area contributed by atoms with Crippen molar-refractivity contribution in [1.29, 1.82) is 0 Å². The van der Waals surface area contributed by atoms with Gasteiger partial charge in [-0.3, -0.25) is 4.79 Å². The Hall–Kier alpha value is -6.21. The molecule has 7 heteroatoms. The first-order chi connectivity index (χ1) is 26.4. The van der Waals surface area contributed by atoms with Crippen LogP contribution in [0.3, 0.4) is 0 Å². The SMILES string of the molecule is CCCCc1ccc(-c2cc3ccc4c(c3cc2O)OC(c2ccccc2)(c2ccc(N3CCN(c5ccc(OC)cc5)CC3)cc2)C=C4C(N)=O)cc1. The molecule has 0 aliphatic carbocycles. The molecule has 1 atom stereocenters. The lowest BCUT2D eigenvalue weighted by Crippen LogP contribution is -2.46. The van der Waals surface area contributed by atoms with Crippen molar-refractivity contribution in [3.63, 3.8) is 0 Å². The van der Waals surface area contributed by atoms with Crippen LogP contribution >= 0.6 is 0 Å². The average Bonchev–Trinajstić information content (AvgIpc) is 3.23. The third-order valence-electron chi connectivity index (χ3n) is 10.9. The molecule has 2 aliphatic heterocycles. The number of nitrogens with zero attached hydrogens (tertiary/aromatic N) is 2. The largest absolute Gasteiger partial charge is 0.507 e. The summed E-state index contributed by atoms with van der Waals surface area (Å²) in [5.41, 5.74) is 12.9. The lowest BCUT2D eigenvalue weighted by Gasteiger charge is -2.39. The molecule has 3 N–H and O–H groups in total. The highest BCUT2D eigenvalue weighted by Gasteiger charge is 2.41. The molecule has 2 heterocycles. The number of hydrogen-bond acceptors (Lipinski definition) is 6. The Labute approximate surface area is 316 Å². The number of phenolic OH excluding ortho intramolecular Hbond substituents is 1. The minimum atomic E-state index is -1.17. The van der Waals surface area contributed by atoms with Crippen LogP contribution in [0, 0.1) is 0 Å². The van der Waals surface area contributed by atoms with Gasteiger partial charge in [0.1, 0.15) is 17.2 Å². The standard InChI is InChI=1S/C47H45N3O4/c1-3-4-8-32-11-13-33(14-12-32)41-29-34-15-24-40-43(46(48)52)31-47(35-9-6-5-7-10-35,54-45(40)42(34)30-44(41)51)36-16-18-37(19-17-36)49-25-27-50(28-26-49)38-20-22-39(53-2)23-21-38/h5-7,9-24,29-31,51H,3-4,8,25-28H2,1-2H3,(H2,48,52). The van der Waals surface area contributed by atoms with Gasteiger partial charge in [-0.1, -0.05) is 86.1 Å². The van der Waals surface area contributed by atoms with Crippen molar-refractivity contribution in [2.24, 2.45) is 5.73 Å². The quantitative estimate of drug-likeness (QED) is 0.147. The van der Waals surface area contributed by atoms with Gasteiger partial charge in [-0.2, -0.15) is 0 Å². The number of rotatable bonds is 10. The number of ether oxygens (including phenoxy) is 2. The minimum absolute atomic E-state index is 0.137. The summed E-state index contributed by atoms with van der Waals surface area (Å²) < 4.78 is 12.5. The summed E-state index contributed by atoms with van der Waals surface area (Å²) in [7, 11) is 1.69. The van der Waals surface area contributed by atoms with Crippen LogP contribution in [0.25, 0.3) is 27.5 Å². The number of anilines is 2. The minimum Gasteiger partial charge on any atom is -0.507 e. The second-order valence-corrected chi connectivity index (χ2v) is 14.2. The Bertz CT molecular complexity index is 2310. The number of phenols is 1. The van der Waals surface area contributed by atoms with Gasteiger partial charge < -0.3 is 30.1 Å². The Morgan fingerprint density at radius 1 is 0.778 bits per heavy atom. The molecule has 54 heavy (non-hydrogen) atoms. The fraction of sp³-hybridized carbons (Fsp3) is 0.213. The molecule has 0 spiro atoms. The van der Waals surface area contributed by atoms with Crippen LogP contribution in [0.15, 0.2) is 133 Å². The maximum absolute atomic E-state index is 13.3. The van der Waals surface area contributed by atoms with E-state index in [-0.39, 0.29) is 5.75 Å². The van der Waals surface area contributed by atoms with Crippen LogP contribution in [0.2, 0.25) is 0 Å². The highest BCUT2D eigenvalue weighted by atomic mass is 16.5. The number of carbonyl (C=O) groups is 1. The van der Waals surface area contributed by atoms with E-state index < -0.39 is 11.5 Å². The predicted molar refractivity (Wildman–Crippen MR) is 219 cm³/mol. The van der Waals surface area contributed by atoms with E-state index in [1.165, 1.54) is 11.3 Å². The van der Waals surface area contributed by atoms with Crippen molar-refractivity contribution >= 4 is 33.6 Å². The summed E-state index contributed by atoms with van der Waals surface area (Å²) in [5.74, 6) is 0.948. The first kappa shape index (κ1) is 34.9. The number of piperazine rings is 1. The molecule has 0 bridgehead atoms. The molecule has 1 unspecified atom stereocenters. The zero-order valence-electron chi connectivity index (χ0n) is 30.8. The molecule has 272 valence electrons. The van der Waals surface area contributed by atoms with Crippen molar-refractivity contribution in [1.82, 2.24) is 0 Å². The number of aromatic hydroxyl groups is 1. The van der Waals surface area contributed by atoms with E-state index >= 15 is 0 Å². The fourth-order valence-corrected chi connectivity index (χ4v) is 7.87. The van der Waals surface area contributed by atoms with E-state index in [0.29, 0.717) is 22.3 Å². The van der Waals surface area contributed by atoms with E-state index in [2.05, 4.69) is 77.4 Å². The number of benzene rings is 6. The third-order valence-corrected chi connectivity index (χ3v) is 10.9. The summed E-state index contributed by atoms with van der Waals surface area (Å²) in [6.45, 7) is 5.76. The first-order valence-electron chi connectivity index (χ1n) is 18.8. The monoisotopic (exact) mass is 715 g/mol. The molecule has 1 saturated heterocycles. The second kappa shape index (κ2) is 14.7. The van der Waals surface area contributed by atoms with Crippen LogP contribution < -0.4 is 25.0 Å². The van der Waals surface area contributed by atoms with Gasteiger partial charge in [-0.25, -0.2) is 0 Å². The van der Waals surface area contributed by atoms with Crippen molar-refractivity contribution in [3.05, 3.63) is 156 Å². The number of aryl methyl sites for hydroxylation is 1. The second-order valence-electron chi connectivity index (χ2n) is 14.2. The van der Waals surface area contributed by atoms with E-state index in [1.54, 1.807) is 13.2 Å². The van der Waals surface area contributed by atoms with Gasteiger partial charge in [-0.05, 0) is 90.0 Å². The molecule has 6 aromatic carbocycles. The van der Waals surface area contributed by atoms with E-state index in [4.69, 9.17) is 15.2 Å². The summed E-state index contributed by atoms with van der Waals surface area (Å²) in [4.78, 5) is 18.0. The smallest absolute Gasteiger partial charge is 0.249 e. The van der Waals surface area contributed by atoms with Gasteiger partial charge in [0.15, 0.2) is 5.60 Å². The van der Waals surface area contributed by atoms with Crippen LogP contribution in [0.5, 0.6) is 17.2 Å². The van der Waals surface area contributed by atoms with E-state index in [1.807, 2.05) is 66.7 Å². The molecule has 1 amide bonds. The zero-order chi connectivity index (χ0) is 37.2. The zero-order valence-corrected chi connectivity index (χ0v) is 30.8. The number of amides is 1. The van der Waals surface area contributed by atoms with Gasteiger partial charge in [0, 0.05) is 65.2 Å². The van der Waals surface area contributed by atoms with Crippen molar-refractivity contribution in [2.75, 3.05) is 43.1 Å². The normalized spacial score (nSPS) is 16.7. The number of hydrogen-bond donors (Lipinski definition) is 2. The first-order valence-corrected chi connectivity index (χ1v) is 18.8. The lowest BCUT2D eigenvalue weighted by atomic mass is 9.80. The topological polar surface area (TPSA) is 88.3 Å². The number of fused-ring (bicyclic) bond motifs is 3. The lowest BCUT2D eigenvalue weighted by molar-refractivity contribution is -0.112. The van der Waals surface area contributed by atoms with E-state index in [9.17, 15) is 9.90 Å². The maximum Gasteiger partial charge on any atom is 0.249 e. The van der Waals surface area contributed by atoms with Gasteiger partial charge in [0.05, 0.1) is 12.7 Å².